The van der Waals surface area contributed by atoms with Crippen molar-refractivity contribution in [3.05, 3.63) is 24.0 Å². The van der Waals surface area contributed by atoms with Crippen molar-refractivity contribution in [2.75, 3.05) is 23.7 Å². The summed E-state index contributed by atoms with van der Waals surface area (Å²) >= 11 is 0. The first kappa shape index (κ1) is 17.7. The minimum atomic E-state index is -0.348. The number of nitrogens with one attached hydrogen (secondary N) is 3. The Balaban J connectivity index is 1.97. The standard InChI is InChI=1S/C18H28FN3O/c1-12(2)21-16-7-6-15(19)10-17(16)22-18(23)9-13(3)14-5-4-8-20-11-14/h6-7,10,12-14,20-21H,4-5,8-9,11H2,1-3H3,(H,22,23). The SMILES string of the molecule is CC(C)Nc1ccc(F)cc1NC(=O)CC(C)C1CCCNC1. The summed E-state index contributed by atoms with van der Waals surface area (Å²) in [4.78, 5) is 12.3. The van der Waals surface area contributed by atoms with Gasteiger partial charge in [0.15, 0.2) is 0 Å². The number of anilines is 2. The minimum Gasteiger partial charge on any atom is -0.381 e. The molecule has 2 atom stereocenters. The molecule has 4 nitrogen and oxygen atoms in total. The minimum absolute atomic E-state index is 0.0551. The van der Waals surface area contributed by atoms with Crippen molar-refractivity contribution in [3.63, 3.8) is 0 Å². The third-order valence-electron chi connectivity index (χ3n) is 4.35. The first-order chi connectivity index (χ1) is 11.0. The van der Waals surface area contributed by atoms with Gasteiger partial charge in [0.1, 0.15) is 5.82 Å². The van der Waals surface area contributed by atoms with Gasteiger partial charge in [0.05, 0.1) is 11.4 Å². The molecule has 1 aromatic carbocycles. The number of piperidine rings is 1. The maximum absolute atomic E-state index is 13.5. The molecule has 2 rings (SSSR count). The first-order valence-corrected chi connectivity index (χ1v) is 8.52. The van der Waals surface area contributed by atoms with Gasteiger partial charge in [0.2, 0.25) is 5.91 Å². The van der Waals surface area contributed by atoms with Crippen LogP contribution in [0.1, 0.15) is 40.0 Å². The van der Waals surface area contributed by atoms with Gasteiger partial charge in [-0.2, -0.15) is 0 Å². The highest BCUT2D eigenvalue weighted by Gasteiger charge is 2.22. The highest BCUT2D eigenvalue weighted by molar-refractivity contribution is 5.94. The molecule has 0 aliphatic carbocycles. The van der Waals surface area contributed by atoms with Crippen LogP contribution in [0, 0.1) is 17.7 Å². The van der Waals surface area contributed by atoms with E-state index < -0.39 is 0 Å². The summed E-state index contributed by atoms with van der Waals surface area (Å²) in [6.45, 7) is 8.19. The molecule has 0 saturated carbocycles. The van der Waals surface area contributed by atoms with Crippen molar-refractivity contribution < 1.29 is 9.18 Å². The topological polar surface area (TPSA) is 53.2 Å². The Morgan fingerprint density at radius 3 is 2.78 bits per heavy atom. The number of hydrogen-bond donors (Lipinski definition) is 3. The zero-order valence-corrected chi connectivity index (χ0v) is 14.3. The summed E-state index contributed by atoms with van der Waals surface area (Å²) in [7, 11) is 0. The Hall–Kier alpha value is -1.62. The second kappa shape index (κ2) is 8.29. The van der Waals surface area contributed by atoms with Crippen LogP contribution in [0.15, 0.2) is 18.2 Å². The fourth-order valence-electron chi connectivity index (χ4n) is 3.08. The third kappa shape index (κ3) is 5.50. The van der Waals surface area contributed by atoms with Crippen molar-refractivity contribution in [2.45, 2.75) is 46.1 Å². The van der Waals surface area contributed by atoms with Crippen molar-refractivity contribution in [3.8, 4) is 0 Å². The molecular weight excluding hydrogens is 293 g/mol. The van der Waals surface area contributed by atoms with E-state index in [2.05, 4.69) is 22.9 Å². The molecule has 0 bridgehead atoms. The fourth-order valence-corrected chi connectivity index (χ4v) is 3.08. The van der Waals surface area contributed by atoms with E-state index in [1.807, 2.05) is 13.8 Å². The maximum atomic E-state index is 13.5. The predicted molar refractivity (Wildman–Crippen MR) is 93.2 cm³/mol. The summed E-state index contributed by atoms with van der Waals surface area (Å²) in [5.41, 5.74) is 1.26. The van der Waals surface area contributed by atoms with Gasteiger partial charge in [-0.05, 0) is 69.8 Å². The van der Waals surface area contributed by atoms with E-state index in [9.17, 15) is 9.18 Å². The van der Waals surface area contributed by atoms with E-state index in [1.54, 1.807) is 6.07 Å². The van der Waals surface area contributed by atoms with Crippen LogP contribution < -0.4 is 16.0 Å². The second-order valence-electron chi connectivity index (χ2n) is 6.82. The van der Waals surface area contributed by atoms with E-state index in [-0.39, 0.29) is 17.8 Å². The van der Waals surface area contributed by atoms with E-state index in [0.717, 1.165) is 18.8 Å². The lowest BCUT2D eigenvalue weighted by atomic mass is 9.85. The van der Waals surface area contributed by atoms with Gasteiger partial charge in [-0.3, -0.25) is 4.79 Å². The van der Waals surface area contributed by atoms with E-state index in [1.165, 1.54) is 25.0 Å². The predicted octanol–water partition coefficient (Wildman–Crippen LogP) is 3.61. The second-order valence-corrected chi connectivity index (χ2v) is 6.82. The number of carbonyl (C=O) groups is 1. The molecular formula is C18H28FN3O. The number of rotatable bonds is 6. The lowest BCUT2D eigenvalue weighted by molar-refractivity contribution is -0.117. The average Bonchev–Trinajstić information content (AvgIpc) is 2.50. The number of hydrogen-bond acceptors (Lipinski definition) is 3. The molecule has 5 heteroatoms. The smallest absolute Gasteiger partial charge is 0.224 e. The number of carbonyl (C=O) groups excluding carboxylic acids is 1. The summed E-state index contributed by atoms with van der Waals surface area (Å²) in [6, 6.07) is 4.65. The van der Waals surface area contributed by atoms with Crippen LogP contribution >= 0.6 is 0 Å². The molecule has 2 unspecified atom stereocenters. The van der Waals surface area contributed by atoms with E-state index >= 15 is 0 Å². The van der Waals surface area contributed by atoms with Crippen LogP contribution in [0.3, 0.4) is 0 Å². The summed E-state index contributed by atoms with van der Waals surface area (Å²) in [6.07, 6.45) is 2.80. The highest BCUT2D eigenvalue weighted by Crippen LogP contribution is 2.26. The van der Waals surface area contributed by atoms with E-state index in [0.29, 0.717) is 23.9 Å². The molecule has 1 aliphatic rings. The molecule has 1 fully saturated rings. The van der Waals surface area contributed by atoms with Gasteiger partial charge >= 0.3 is 0 Å². The van der Waals surface area contributed by atoms with Crippen LogP contribution in [0.5, 0.6) is 0 Å². The molecule has 1 aliphatic heterocycles. The number of halogens is 1. The maximum Gasteiger partial charge on any atom is 0.224 e. The molecule has 1 heterocycles. The third-order valence-corrected chi connectivity index (χ3v) is 4.35. The molecule has 1 amide bonds. The summed E-state index contributed by atoms with van der Waals surface area (Å²) in [5.74, 6) is 0.452. The summed E-state index contributed by atoms with van der Waals surface area (Å²) < 4.78 is 13.5. The van der Waals surface area contributed by atoms with Gasteiger partial charge in [0, 0.05) is 12.5 Å². The molecule has 128 valence electrons. The molecule has 23 heavy (non-hydrogen) atoms. The van der Waals surface area contributed by atoms with Crippen LogP contribution in [0.4, 0.5) is 15.8 Å². The number of benzene rings is 1. The number of amides is 1. The molecule has 1 saturated heterocycles. The van der Waals surface area contributed by atoms with Crippen LogP contribution in [-0.2, 0) is 4.79 Å². The largest absolute Gasteiger partial charge is 0.381 e. The lowest BCUT2D eigenvalue weighted by Gasteiger charge is -2.28. The Kier molecular flexibility index (Phi) is 6.39. The van der Waals surface area contributed by atoms with Gasteiger partial charge < -0.3 is 16.0 Å². The van der Waals surface area contributed by atoms with Crippen molar-refractivity contribution in [2.24, 2.45) is 11.8 Å². The average molecular weight is 321 g/mol. The molecule has 0 aromatic heterocycles. The van der Waals surface area contributed by atoms with Crippen LogP contribution in [0.2, 0.25) is 0 Å². The van der Waals surface area contributed by atoms with Crippen molar-refractivity contribution in [1.82, 2.24) is 5.32 Å². The fraction of sp³-hybridized carbons (Fsp3) is 0.611. The Bertz CT molecular complexity index is 527. The quantitative estimate of drug-likeness (QED) is 0.750. The van der Waals surface area contributed by atoms with Gasteiger partial charge in [-0.25, -0.2) is 4.39 Å². The van der Waals surface area contributed by atoms with Gasteiger partial charge in [0.25, 0.3) is 0 Å². The molecule has 0 radical (unpaired) electrons. The van der Waals surface area contributed by atoms with Crippen molar-refractivity contribution in [1.29, 1.82) is 0 Å². The summed E-state index contributed by atoms with van der Waals surface area (Å²) in [5, 5.41) is 9.48. The lowest BCUT2D eigenvalue weighted by Crippen LogP contribution is -2.34. The Morgan fingerprint density at radius 2 is 2.13 bits per heavy atom. The zero-order chi connectivity index (χ0) is 16.8. The van der Waals surface area contributed by atoms with Crippen molar-refractivity contribution >= 4 is 17.3 Å². The van der Waals surface area contributed by atoms with E-state index in [4.69, 9.17) is 0 Å². The monoisotopic (exact) mass is 321 g/mol. The van der Waals surface area contributed by atoms with Crippen LogP contribution in [-0.4, -0.2) is 25.0 Å². The Morgan fingerprint density at radius 1 is 1.35 bits per heavy atom. The molecule has 0 spiro atoms. The van der Waals surface area contributed by atoms with Gasteiger partial charge in [-0.1, -0.05) is 6.92 Å². The molecule has 3 N–H and O–H groups in total. The Labute approximate surface area is 138 Å². The highest BCUT2D eigenvalue weighted by atomic mass is 19.1. The first-order valence-electron chi connectivity index (χ1n) is 8.52. The van der Waals surface area contributed by atoms with Crippen LogP contribution in [0.25, 0.3) is 0 Å². The van der Waals surface area contributed by atoms with Gasteiger partial charge in [-0.15, -0.1) is 0 Å². The normalized spacial score (nSPS) is 19.4. The zero-order valence-electron chi connectivity index (χ0n) is 14.3. The molecule has 1 aromatic rings.